The van der Waals surface area contributed by atoms with Crippen LogP contribution in [0, 0.1) is 25.2 Å². The summed E-state index contributed by atoms with van der Waals surface area (Å²) in [6.07, 6.45) is -0.585. The Balaban J connectivity index is 1.54. The SMILES string of the molecule is C=CCOC(=O)N1C(O)[C@@H]2[C@@H]3SC[C@H](NC(=O)OCC(Cl)(Cl)Cl)C(=O)OC[C@@H](c4c5c(c(C)c(OCC=C)c43)OCO5)N2[C@@H](C#N)[C@@H]1Cc1cc(C)c(OC)c(O[Si](C)(C)C(C)(C)C)c1. The zero-order chi connectivity index (χ0) is 47.8. The first-order chi connectivity index (χ1) is 30.6. The van der Waals surface area contributed by atoms with E-state index in [1.807, 2.05) is 19.1 Å². The molecule has 4 aliphatic rings. The van der Waals surface area contributed by atoms with E-state index in [1.54, 1.807) is 25.0 Å². The highest BCUT2D eigenvalue weighted by atomic mass is 35.6. The number of carbonyl (C=O) groups is 3. The van der Waals surface area contributed by atoms with Gasteiger partial charge in [0.05, 0.1) is 36.6 Å². The molecule has 2 fully saturated rings. The number of methoxy groups -OCH3 is 1. The second-order valence-electron chi connectivity index (χ2n) is 17.5. The van der Waals surface area contributed by atoms with E-state index in [4.69, 9.17) is 72.4 Å². The minimum Gasteiger partial charge on any atom is -0.541 e. The van der Waals surface area contributed by atoms with Crippen LogP contribution >= 0.6 is 46.6 Å². The number of nitriles is 1. The molecule has 65 heavy (non-hydrogen) atoms. The second kappa shape index (κ2) is 19.9. The number of rotatable bonds is 12. The van der Waals surface area contributed by atoms with Gasteiger partial charge in [0, 0.05) is 22.4 Å². The van der Waals surface area contributed by atoms with Crippen molar-refractivity contribution in [2.45, 2.75) is 105 Å². The Hall–Kier alpha value is -4.22. The molecule has 2 N–H and O–H groups in total. The number of fused-ring (bicyclic) bond motifs is 5. The number of aliphatic hydroxyl groups is 1. The number of ether oxygens (including phenoxy) is 7. The summed E-state index contributed by atoms with van der Waals surface area (Å²) < 4.78 is 46.1. The normalized spacial score (nSPS) is 24.1. The van der Waals surface area contributed by atoms with Gasteiger partial charge in [0.1, 0.15) is 56.2 Å². The molecular weight excluding hydrogens is 943 g/mol. The monoisotopic (exact) mass is 996 g/mol. The van der Waals surface area contributed by atoms with Gasteiger partial charge < -0.3 is 48.0 Å². The number of carbonyl (C=O) groups excluding carboxylic acids is 3. The molecule has 2 aromatic rings. The third-order valence-corrected chi connectivity index (χ3v) is 18.3. The third kappa shape index (κ3) is 10.2. The van der Waals surface area contributed by atoms with Gasteiger partial charge in [0.15, 0.2) is 17.2 Å². The smallest absolute Gasteiger partial charge is 0.412 e. The van der Waals surface area contributed by atoms with Crippen LogP contribution in [0.15, 0.2) is 37.4 Å². The lowest BCUT2D eigenvalue weighted by Crippen LogP contribution is -2.72. The number of benzene rings is 2. The summed E-state index contributed by atoms with van der Waals surface area (Å²) in [6.45, 7) is 20.6. The molecule has 16 nitrogen and oxygen atoms in total. The van der Waals surface area contributed by atoms with Crippen LogP contribution in [0.2, 0.25) is 18.1 Å². The van der Waals surface area contributed by atoms with Crippen LogP contribution in [0.25, 0.3) is 0 Å². The number of nitrogens with zero attached hydrogens (tertiary/aromatic N) is 3. The largest absolute Gasteiger partial charge is 0.541 e. The van der Waals surface area contributed by atoms with E-state index in [-0.39, 0.29) is 37.2 Å². The van der Waals surface area contributed by atoms with E-state index >= 15 is 0 Å². The highest BCUT2D eigenvalue weighted by molar-refractivity contribution is 7.99. The maximum absolute atomic E-state index is 14.4. The number of aryl methyl sites for hydroxylation is 1. The summed E-state index contributed by atoms with van der Waals surface area (Å²) in [4.78, 5) is 44.3. The van der Waals surface area contributed by atoms with Crippen molar-refractivity contribution in [2.24, 2.45) is 0 Å². The summed E-state index contributed by atoms with van der Waals surface area (Å²) in [5, 5.41) is 25.8. The number of nitrogens with one attached hydrogen (secondary N) is 1. The number of hydrogen-bond donors (Lipinski definition) is 2. The maximum atomic E-state index is 14.4. The summed E-state index contributed by atoms with van der Waals surface area (Å²) in [5.41, 5.74) is 3.09. The molecular formula is C44H55Cl3N4O12SSi. The number of alkyl halides is 3. The molecule has 2 bridgehead atoms. The van der Waals surface area contributed by atoms with Crippen LogP contribution in [-0.2, 0) is 25.4 Å². The summed E-state index contributed by atoms with van der Waals surface area (Å²) in [6, 6.07) is 0.547. The number of alkyl carbamates (subject to hydrolysis) is 1. The number of aliphatic hydroxyl groups excluding tert-OH is 1. The first-order valence-corrected chi connectivity index (χ1v) is 25.9. The molecule has 21 heteroatoms. The molecule has 4 heterocycles. The van der Waals surface area contributed by atoms with Crippen molar-refractivity contribution >= 4 is 73.0 Å². The van der Waals surface area contributed by atoms with Gasteiger partial charge in [0.25, 0.3) is 8.32 Å². The van der Waals surface area contributed by atoms with Gasteiger partial charge in [-0.2, -0.15) is 5.26 Å². The lowest BCUT2D eigenvalue weighted by atomic mass is 9.79. The highest BCUT2D eigenvalue weighted by Crippen LogP contribution is 2.60. The van der Waals surface area contributed by atoms with Crippen molar-refractivity contribution in [2.75, 3.05) is 46.1 Å². The van der Waals surface area contributed by atoms with E-state index in [1.165, 1.54) is 11.0 Å². The van der Waals surface area contributed by atoms with Crippen LogP contribution < -0.4 is 28.7 Å². The molecule has 2 saturated heterocycles. The Bertz CT molecular complexity index is 2230. The Morgan fingerprint density at radius 3 is 2.38 bits per heavy atom. The molecule has 2 aromatic carbocycles. The van der Waals surface area contributed by atoms with E-state index in [0.29, 0.717) is 51.0 Å². The average molecular weight is 998 g/mol. The number of piperazine rings is 1. The van der Waals surface area contributed by atoms with Crippen molar-refractivity contribution in [1.82, 2.24) is 15.1 Å². The molecule has 0 aromatic heterocycles. The van der Waals surface area contributed by atoms with Gasteiger partial charge in [-0.05, 0) is 55.6 Å². The predicted octanol–water partition coefficient (Wildman–Crippen LogP) is 7.97. The summed E-state index contributed by atoms with van der Waals surface area (Å²) in [5.74, 6) is 1.23. The number of thioether (sulfide) groups is 1. The first kappa shape index (κ1) is 50.2. The van der Waals surface area contributed by atoms with E-state index < -0.39 is 85.2 Å². The van der Waals surface area contributed by atoms with Crippen molar-refractivity contribution in [3.63, 3.8) is 0 Å². The van der Waals surface area contributed by atoms with Gasteiger partial charge >= 0.3 is 18.2 Å². The fourth-order valence-electron chi connectivity index (χ4n) is 8.40. The Kier molecular flexibility index (Phi) is 15.4. The topological polar surface area (TPSA) is 188 Å². The fourth-order valence-corrected chi connectivity index (χ4v) is 11.1. The molecule has 6 rings (SSSR count). The van der Waals surface area contributed by atoms with Gasteiger partial charge in [0.2, 0.25) is 10.6 Å². The predicted molar refractivity (Wildman–Crippen MR) is 248 cm³/mol. The molecule has 7 atom stereocenters. The second-order valence-corrected chi connectivity index (χ2v) is 25.9. The van der Waals surface area contributed by atoms with Gasteiger partial charge in [-0.1, -0.05) is 87.0 Å². The average Bonchev–Trinajstić information content (AvgIpc) is 3.72. The molecule has 2 amide bonds. The molecule has 0 aliphatic carbocycles. The van der Waals surface area contributed by atoms with Crippen LogP contribution in [0.1, 0.15) is 59.9 Å². The number of halogens is 3. The third-order valence-electron chi connectivity index (χ3n) is 12.2. The standard InChI is InChI=1S/C44H55Cl3N4O12SSi/c1-11-13-57-35-24(4)36-37(62-22-61-36)31-29-19-59-40(53)26(49-41(54)60-21-44(45,46)47)20-64-38(32(31)35)33-39(52)51(42(55)58-14-12-2)27(28(18-48)50(29)33)16-25-15-23(3)34(56-8)30(17-25)63-65(9,10)43(5,6)7/h11-12,15,17,26-29,33,38-39,52H,1-2,13-14,16,19-22H2,3-10H3,(H,49,54)/t26-,27-,28-,29-,33-,38+,39?/m0/s1. The van der Waals surface area contributed by atoms with Crippen LogP contribution in [0.5, 0.6) is 28.7 Å². The summed E-state index contributed by atoms with van der Waals surface area (Å²) in [7, 11) is -0.842. The number of hydrogen-bond acceptors (Lipinski definition) is 15. The van der Waals surface area contributed by atoms with Gasteiger partial charge in [-0.25, -0.2) is 14.4 Å². The Morgan fingerprint density at radius 2 is 1.75 bits per heavy atom. The van der Waals surface area contributed by atoms with Crippen molar-refractivity contribution in [1.29, 1.82) is 5.26 Å². The molecule has 1 unspecified atom stereocenters. The van der Waals surface area contributed by atoms with E-state index in [9.17, 15) is 24.8 Å². The van der Waals surface area contributed by atoms with E-state index in [0.717, 1.165) is 17.3 Å². The van der Waals surface area contributed by atoms with Crippen molar-refractivity contribution < 1.29 is 57.1 Å². The summed E-state index contributed by atoms with van der Waals surface area (Å²) >= 11 is 18.6. The Labute approximate surface area is 399 Å². The van der Waals surface area contributed by atoms with Crippen molar-refractivity contribution in [3.8, 4) is 34.8 Å². The van der Waals surface area contributed by atoms with Crippen molar-refractivity contribution in [3.05, 3.63) is 65.3 Å². The minimum atomic E-state index is -2.41. The Morgan fingerprint density at radius 1 is 1.06 bits per heavy atom. The maximum Gasteiger partial charge on any atom is 0.412 e. The lowest BCUT2D eigenvalue weighted by Gasteiger charge is -2.58. The highest BCUT2D eigenvalue weighted by Gasteiger charge is 2.60. The van der Waals surface area contributed by atoms with Crippen LogP contribution in [-0.4, -0.2) is 122 Å². The number of esters is 1. The first-order valence-electron chi connectivity index (χ1n) is 20.8. The van der Waals surface area contributed by atoms with Gasteiger partial charge in [-0.3, -0.25) is 9.80 Å². The molecule has 0 radical (unpaired) electrons. The number of cyclic esters (lactones) is 1. The van der Waals surface area contributed by atoms with E-state index in [2.05, 4.69) is 58.4 Å². The molecule has 0 spiro atoms. The van der Waals surface area contributed by atoms with Gasteiger partial charge in [-0.15, -0.1) is 11.8 Å². The quantitative estimate of drug-likeness (QED) is 0.0685. The molecule has 354 valence electrons. The lowest BCUT2D eigenvalue weighted by molar-refractivity contribution is -0.161. The zero-order valence-electron chi connectivity index (χ0n) is 37.5. The fraction of sp³-hybridized carbons (Fsp3) is 0.545. The van der Waals surface area contributed by atoms with Crippen LogP contribution in [0.3, 0.4) is 0 Å². The van der Waals surface area contributed by atoms with Crippen LogP contribution in [0.4, 0.5) is 9.59 Å². The molecule has 0 saturated carbocycles. The number of amides is 2. The minimum absolute atomic E-state index is 0.0408. The zero-order valence-corrected chi connectivity index (χ0v) is 41.6. The molecule has 4 aliphatic heterocycles.